The van der Waals surface area contributed by atoms with Crippen LogP contribution in [0, 0.1) is 12.5 Å². The second-order valence-corrected chi connectivity index (χ2v) is 5.74. The predicted molar refractivity (Wildman–Crippen MR) is 99.7 cm³/mol. The Kier molecular flexibility index (Phi) is 7.17. The highest BCUT2D eigenvalue weighted by molar-refractivity contribution is 7.59. The number of nitrogens with one attached hydrogen (secondary N) is 1. The first kappa shape index (κ1) is 18.3. The summed E-state index contributed by atoms with van der Waals surface area (Å²) in [6.45, 7) is 14.8. The SMILES string of the molecule is S.[C-]#[N+]c1ccccc1-c1ccc(CN[C@H](C)C(C)C)cc1. The number of hydrogen-bond donors (Lipinski definition) is 1. The van der Waals surface area contributed by atoms with E-state index in [1.807, 2.05) is 24.3 Å². The lowest BCUT2D eigenvalue weighted by atomic mass is 10.0. The Bertz CT molecular complexity index is 627. The van der Waals surface area contributed by atoms with Gasteiger partial charge in [0.25, 0.3) is 0 Å². The molecule has 1 atom stereocenters. The highest BCUT2D eigenvalue weighted by Gasteiger charge is 2.07. The molecular formula is C19H24N2S. The topological polar surface area (TPSA) is 16.4 Å². The first-order valence-corrected chi connectivity index (χ1v) is 7.41. The van der Waals surface area contributed by atoms with E-state index in [-0.39, 0.29) is 13.5 Å². The molecule has 0 radical (unpaired) electrons. The van der Waals surface area contributed by atoms with E-state index in [1.54, 1.807) is 0 Å². The second-order valence-electron chi connectivity index (χ2n) is 5.74. The molecule has 0 spiro atoms. The number of hydrogen-bond acceptors (Lipinski definition) is 1. The van der Waals surface area contributed by atoms with E-state index in [0.29, 0.717) is 17.6 Å². The van der Waals surface area contributed by atoms with Gasteiger partial charge in [-0.25, -0.2) is 4.85 Å². The average molecular weight is 312 g/mol. The predicted octanol–water partition coefficient (Wildman–Crippen LogP) is 5.15. The third kappa shape index (κ3) is 4.62. The van der Waals surface area contributed by atoms with Crippen molar-refractivity contribution in [3.8, 4) is 11.1 Å². The standard InChI is InChI=1S/C19H22N2.H2S/c1-14(2)15(3)21-13-16-9-11-17(12-10-16)18-7-5-6-8-19(18)20-4;/h5-12,14-15,21H,13H2,1-3H3;1H2/t15-;/m1./s1. The van der Waals surface area contributed by atoms with Crippen LogP contribution in [0.4, 0.5) is 5.69 Å². The molecule has 3 heteroatoms. The van der Waals surface area contributed by atoms with Crippen LogP contribution in [0.15, 0.2) is 48.5 Å². The lowest BCUT2D eigenvalue weighted by molar-refractivity contribution is 0.426. The zero-order valence-corrected chi connectivity index (χ0v) is 14.4. The van der Waals surface area contributed by atoms with Crippen LogP contribution in [-0.4, -0.2) is 6.04 Å². The highest BCUT2D eigenvalue weighted by atomic mass is 32.1. The van der Waals surface area contributed by atoms with E-state index >= 15 is 0 Å². The minimum atomic E-state index is 0. The van der Waals surface area contributed by atoms with Crippen LogP contribution in [0.5, 0.6) is 0 Å². The summed E-state index contributed by atoms with van der Waals surface area (Å²) < 4.78 is 0. The molecule has 116 valence electrons. The average Bonchev–Trinajstić information content (AvgIpc) is 2.53. The molecule has 0 aliphatic carbocycles. The van der Waals surface area contributed by atoms with Gasteiger partial charge >= 0.3 is 0 Å². The molecule has 1 N–H and O–H groups in total. The third-order valence-electron chi connectivity index (χ3n) is 3.92. The van der Waals surface area contributed by atoms with Crippen LogP contribution >= 0.6 is 13.5 Å². The zero-order valence-electron chi connectivity index (χ0n) is 13.4. The van der Waals surface area contributed by atoms with Gasteiger partial charge in [-0.2, -0.15) is 13.5 Å². The van der Waals surface area contributed by atoms with Crippen molar-refractivity contribution in [2.75, 3.05) is 0 Å². The van der Waals surface area contributed by atoms with Gasteiger partial charge in [-0.3, -0.25) is 0 Å². The third-order valence-corrected chi connectivity index (χ3v) is 3.92. The largest absolute Gasteiger partial charge is 0.310 e. The first-order chi connectivity index (χ1) is 10.1. The number of para-hydroxylation sites is 1. The fraction of sp³-hybridized carbons (Fsp3) is 0.316. The highest BCUT2D eigenvalue weighted by Crippen LogP contribution is 2.30. The van der Waals surface area contributed by atoms with Crippen LogP contribution < -0.4 is 5.32 Å². The van der Waals surface area contributed by atoms with Gasteiger partial charge in [0.1, 0.15) is 0 Å². The summed E-state index contributed by atoms with van der Waals surface area (Å²) >= 11 is 0. The van der Waals surface area contributed by atoms with E-state index in [0.717, 1.165) is 17.7 Å². The summed E-state index contributed by atoms with van der Waals surface area (Å²) in [5.74, 6) is 0.634. The summed E-state index contributed by atoms with van der Waals surface area (Å²) in [6, 6.07) is 16.7. The molecule has 0 unspecified atom stereocenters. The van der Waals surface area contributed by atoms with Gasteiger partial charge in [-0.05, 0) is 29.5 Å². The molecular weight excluding hydrogens is 288 g/mol. The van der Waals surface area contributed by atoms with Crippen molar-refractivity contribution in [3.05, 3.63) is 65.5 Å². The molecule has 2 aromatic carbocycles. The molecule has 2 rings (SSSR count). The van der Waals surface area contributed by atoms with Crippen molar-refractivity contribution in [2.45, 2.75) is 33.4 Å². The molecule has 0 fully saturated rings. The maximum atomic E-state index is 7.24. The Morgan fingerprint density at radius 1 is 1.00 bits per heavy atom. The number of benzene rings is 2. The van der Waals surface area contributed by atoms with E-state index in [4.69, 9.17) is 6.57 Å². The molecule has 22 heavy (non-hydrogen) atoms. The Morgan fingerprint density at radius 2 is 1.64 bits per heavy atom. The van der Waals surface area contributed by atoms with Crippen LogP contribution in [0.25, 0.3) is 16.0 Å². The molecule has 0 aromatic heterocycles. The maximum absolute atomic E-state index is 7.24. The smallest absolute Gasteiger partial charge is 0.194 e. The monoisotopic (exact) mass is 312 g/mol. The molecule has 0 saturated heterocycles. The van der Waals surface area contributed by atoms with E-state index in [2.05, 4.69) is 55.2 Å². The summed E-state index contributed by atoms with van der Waals surface area (Å²) in [5.41, 5.74) is 4.08. The second kappa shape index (κ2) is 8.63. The number of nitrogens with zero attached hydrogens (tertiary/aromatic N) is 1. The molecule has 0 saturated carbocycles. The van der Waals surface area contributed by atoms with Gasteiger partial charge in [-0.1, -0.05) is 62.4 Å². The van der Waals surface area contributed by atoms with Crippen molar-refractivity contribution < 1.29 is 0 Å². The summed E-state index contributed by atoms with van der Waals surface area (Å²) in [4.78, 5) is 3.59. The summed E-state index contributed by atoms with van der Waals surface area (Å²) in [6.07, 6.45) is 0. The Hall–Kier alpha value is -1.76. The summed E-state index contributed by atoms with van der Waals surface area (Å²) in [5, 5.41) is 3.53. The lowest BCUT2D eigenvalue weighted by Crippen LogP contribution is -2.30. The van der Waals surface area contributed by atoms with Gasteiger partial charge in [0.15, 0.2) is 5.69 Å². The number of rotatable bonds is 5. The van der Waals surface area contributed by atoms with E-state index in [1.165, 1.54) is 5.56 Å². The fourth-order valence-electron chi connectivity index (χ4n) is 2.13. The minimum Gasteiger partial charge on any atom is -0.310 e. The first-order valence-electron chi connectivity index (χ1n) is 7.41. The molecule has 0 amide bonds. The minimum absolute atomic E-state index is 0. The van der Waals surface area contributed by atoms with E-state index in [9.17, 15) is 0 Å². The van der Waals surface area contributed by atoms with Crippen molar-refractivity contribution in [1.82, 2.24) is 5.32 Å². The molecule has 0 bridgehead atoms. The Labute approximate surface area is 140 Å². The van der Waals surface area contributed by atoms with Crippen LogP contribution in [-0.2, 0) is 6.54 Å². The van der Waals surface area contributed by atoms with Crippen LogP contribution in [0.1, 0.15) is 26.3 Å². The van der Waals surface area contributed by atoms with Crippen molar-refractivity contribution in [3.63, 3.8) is 0 Å². The molecule has 0 aliphatic heterocycles. The fourth-order valence-corrected chi connectivity index (χ4v) is 2.13. The van der Waals surface area contributed by atoms with Gasteiger partial charge < -0.3 is 5.32 Å². The van der Waals surface area contributed by atoms with Crippen LogP contribution in [0.2, 0.25) is 0 Å². The maximum Gasteiger partial charge on any atom is 0.194 e. The molecule has 2 nitrogen and oxygen atoms in total. The molecule has 0 aliphatic rings. The Balaban J connectivity index is 0.00000242. The normalized spacial score (nSPS) is 11.6. The van der Waals surface area contributed by atoms with Gasteiger partial charge in [0, 0.05) is 12.6 Å². The van der Waals surface area contributed by atoms with Crippen LogP contribution in [0.3, 0.4) is 0 Å². The summed E-state index contributed by atoms with van der Waals surface area (Å²) in [7, 11) is 0. The van der Waals surface area contributed by atoms with Crippen molar-refractivity contribution in [2.24, 2.45) is 5.92 Å². The Morgan fingerprint density at radius 3 is 2.23 bits per heavy atom. The zero-order chi connectivity index (χ0) is 15.2. The lowest BCUT2D eigenvalue weighted by Gasteiger charge is -2.17. The van der Waals surface area contributed by atoms with Gasteiger partial charge in [0.2, 0.25) is 0 Å². The molecule has 0 heterocycles. The quantitative estimate of drug-likeness (QED) is 0.755. The van der Waals surface area contributed by atoms with Crippen molar-refractivity contribution in [1.29, 1.82) is 0 Å². The van der Waals surface area contributed by atoms with Gasteiger partial charge in [-0.15, -0.1) is 0 Å². The van der Waals surface area contributed by atoms with E-state index < -0.39 is 0 Å². The van der Waals surface area contributed by atoms with Gasteiger partial charge in [0.05, 0.1) is 6.57 Å². The molecule has 2 aromatic rings. The van der Waals surface area contributed by atoms with Crippen molar-refractivity contribution >= 4 is 19.2 Å².